The van der Waals surface area contributed by atoms with Gasteiger partial charge in [-0.15, -0.1) is 0 Å². The molecular formula is C23H22F4N4O2. The summed E-state index contributed by atoms with van der Waals surface area (Å²) in [5, 5.41) is 3.90. The van der Waals surface area contributed by atoms with Crippen LogP contribution >= 0.6 is 0 Å². The SMILES string of the molecule is C[C@H](c1cc(=O)n(-c2ccccc2F)nc1C(N)=O)c1cccc(C(F)(F)CN(C)C)c1F. The maximum atomic E-state index is 15.2. The molecule has 3 aromatic rings. The second kappa shape index (κ2) is 9.14. The highest BCUT2D eigenvalue weighted by molar-refractivity contribution is 5.92. The number of rotatable bonds is 7. The van der Waals surface area contributed by atoms with E-state index in [1.807, 2.05) is 0 Å². The number of nitrogens with two attached hydrogens (primary N) is 1. The van der Waals surface area contributed by atoms with Crippen molar-refractivity contribution < 1.29 is 22.4 Å². The zero-order valence-corrected chi connectivity index (χ0v) is 18.2. The third-order valence-corrected chi connectivity index (χ3v) is 5.15. The Kier molecular flexibility index (Phi) is 6.68. The van der Waals surface area contributed by atoms with E-state index in [0.717, 1.165) is 18.2 Å². The maximum Gasteiger partial charge on any atom is 0.288 e. The van der Waals surface area contributed by atoms with E-state index in [4.69, 9.17) is 5.73 Å². The van der Waals surface area contributed by atoms with Gasteiger partial charge in [0.2, 0.25) is 0 Å². The van der Waals surface area contributed by atoms with Gasteiger partial charge < -0.3 is 10.6 Å². The van der Waals surface area contributed by atoms with Crippen LogP contribution in [-0.2, 0) is 5.92 Å². The predicted molar refractivity (Wildman–Crippen MR) is 115 cm³/mol. The van der Waals surface area contributed by atoms with Crippen molar-refractivity contribution in [3.05, 3.63) is 92.9 Å². The molecule has 2 N–H and O–H groups in total. The quantitative estimate of drug-likeness (QED) is 0.546. The second-order valence-electron chi connectivity index (χ2n) is 7.89. The van der Waals surface area contributed by atoms with Crippen molar-refractivity contribution in [1.29, 1.82) is 0 Å². The third kappa shape index (κ3) is 4.80. The summed E-state index contributed by atoms with van der Waals surface area (Å²) in [5.74, 6) is -7.48. The van der Waals surface area contributed by atoms with Crippen LogP contribution in [-0.4, -0.2) is 41.2 Å². The highest BCUT2D eigenvalue weighted by Crippen LogP contribution is 2.36. The topological polar surface area (TPSA) is 81.2 Å². The fourth-order valence-corrected chi connectivity index (χ4v) is 3.60. The molecule has 174 valence electrons. The van der Waals surface area contributed by atoms with Crippen LogP contribution < -0.4 is 11.3 Å². The standard InChI is InChI=1S/C23H22F4N4O2/c1-13(14-7-6-8-16(20(14)25)23(26,27)12-30(2)3)15-11-19(32)31(29-21(15)22(28)33)18-10-5-4-9-17(18)24/h4-11,13H,12H2,1-3H3,(H2,28,33)/t13-/m0/s1. The molecule has 1 amide bonds. The molecule has 0 saturated carbocycles. The Hall–Kier alpha value is -3.53. The number of amides is 1. The Balaban J connectivity index is 2.15. The molecular weight excluding hydrogens is 440 g/mol. The molecule has 0 aliphatic heterocycles. The van der Waals surface area contributed by atoms with Crippen molar-refractivity contribution in [1.82, 2.24) is 14.7 Å². The van der Waals surface area contributed by atoms with Gasteiger partial charge in [-0.25, -0.2) is 8.78 Å². The molecule has 10 heteroatoms. The molecule has 0 aliphatic carbocycles. The predicted octanol–water partition coefficient (Wildman–Crippen LogP) is 3.41. The first kappa shape index (κ1) is 24.1. The molecule has 0 unspecified atom stereocenters. The molecule has 2 aromatic carbocycles. The number of primary amides is 1. The molecule has 0 spiro atoms. The van der Waals surface area contributed by atoms with E-state index >= 15 is 4.39 Å². The average Bonchev–Trinajstić information content (AvgIpc) is 2.72. The average molecular weight is 462 g/mol. The maximum absolute atomic E-state index is 15.2. The van der Waals surface area contributed by atoms with Crippen LogP contribution in [0.2, 0.25) is 0 Å². The van der Waals surface area contributed by atoms with Gasteiger partial charge >= 0.3 is 0 Å². The molecule has 33 heavy (non-hydrogen) atoms. The van der Waals surface area contributed by atoms with Crippen molar-refractivity contribution in [2.75, 3.05) is 20.6 Å². The highest BCUT2D eigenvalue weighted by atomic mass is 19.3. The lowest BCUT2D eigenvalue weighted by atomic mass is 9.89. The van der Waals surface area contributed by atoms with E-state index in [0.29, 0.717) is 4.68 Å². The number of para-hydroxylation sites is 1. The molecule has 0 aliphatic rings. The molecule has 0 fully saturated rings. The van der Waals surface area contributed by atoms with Crippen LogP contribution in [0.3, 0.4) is 0 Å². The number of benzene rings is 2. The molecule has 1 atom stereocenters. The van der Waals surface area contributed by atoms with Crippen LogP contribution in [0.1, 0.15) is 40.0 Å². The summed E-state index contributed by atoms with van der Waals surface area (Å²) >= 11 is 0. The minimum atomic E-state index is -3.48. The fourth-order valence-electron chi connectivity index (χ4n) is 3.60. The van der Waals surface area contributed by atoms with Gasteiger partial charge in [0, 0.05) is 12.0 Å². The van der Waals surface area contributed by atoms with Crippen LogP contribution in [0.25, 0.3) is 5.69 Å². The fraction of sp³-hybridized carbons (Fsp3) is 0.261. The summed E-state index contributed by atoms with van der Waals surface area (Å²) in [6.45, 7) is 0.719. The Morgan fingerprint density at radius 1 is 1.12 bits per heavy atom. The summed E-state index contributed by atoms with van der Waals surface area (Å²) in [7, 11) is 2.88. The first-order chi connectivity index (χ1) is 15.4. The largest absolute Gasteiger partial charge is 0.364 e. The molecule has 0 radical (unpaired) electrons. The lowest BCUT2D eigenvalue weighted by Crippen LogP contribution is -2.31. The van der Waals surface area contributed by atoms with Gasteiger partial charge in [0.15, 0.2) is 5.69 Å². The van der Waals surface area contributed by atoms with Gasteiger partial charge in [0.25, 0.3) is 17.4 Å². The van der Waals surface area contributed by atoms with Gasteiger partial charge in [-0.05, 0) is 37.4 Å². The van der Waals surface area contributed by atoms with Crippen LogP contribution in [0, 0.1) is 11.6 Å². The molecule has 1 aromatic heterocycles. The molecule has 1 heterocycles. The van der Waals surface area contributed by atoms with Gasteiger partial charge in [-0.2, -0.15) is 18.6 Å². The summed E-state index contributed by atoms with van der Waals surface area (Å²) in [4.78, 5) is 26.0. The zero-order valence-electron chi connectivity index (χ0n) is 18.2. The monoisotopic (exact) mass is 462 g/mol. The van der Waals surface area contributed by atoms with E-state index in [9.17, 15) is 22.8 Å². The Morgan fingerprint density at radius 2 is 1.79 bits per heavy atom. The number of halogens is 4. The molecule has 3 rings (SSSR count). The van der Waals surface area contributed by atoms with Crippen LogP contribution in [0.15, 0.2) is 53.3 Å². The lowest BCUT2D eigenvalue weighted by molar-refractivity contribution is -0.0301. The van der Waals surface area contributed by atoms with Gasteiger partial charge in [-0.3, -0.25) is 9.59 Å². The van der Waals surface area contributed by atoms with E-state index in [2.05, 4.69) is 5.10 Å². The van der Waals surface area contributed by atoms with E-state index in [1.165, 1.54) is 56.3 Å². The smallest absolute Gasteiger partial charge is 0.288 e. The molecule has 6 nitrogen and oxygen atoms in total. The van der Waals surface area contributed by atoms with Crippen LogP contribution in [0.4, 0.5) is 17.6 Å². The highest BCUT2D eigenvalue weighted by Gasteiger charge is 2.37. The third-order valence-electron chi connectivity index (χ3n) is 5.15. The number of aromatic nitrogens is 2. The summed E-state index contributed by atoms with van der Waals surface area (Å²) in [6.07, 6.45) is 0. The number of carbonyl (C=O) groups excluding carboxylic acids is 1. The number of carbonyl (C=O) groups is 1. The van der Waals surface area contributed by atoms with Gasteiger partial charge in [0.05, 0.1) is 12.1 Å². The van der Waals surface area contributed by atoms with Crippen molar-refractivity contribution in [2.45, 2.75) is 18.8 Å². The first-order valence-electron chi connectivity index (χ1n) is 9.94. The number of hydrogen-bond donors (Lipinski definition) is 1. The minimum absolute atomic E-state index is 0.0629. The summed E-state index contributed by atoms with van der Waals surface area (Å²) in [5.41, 5.74) is 2.97. The number of nitrogens with zero attached hydrogens (tertiary/aromatic N) is 3. The van der Waals surface area contributed by atoms with Crippen molar-refractivity contribution >= 4 is 5.91 Å². The van der Waals surface area contributed by atoms with Gasteiger partial charge in [-0.1, -0.05) is 37.3 Å². The molecule has 0 bridgehead atoms. The zero-order chi connectivity index (χ0) is 24.5. The summed E-state index contributed by atoms with van der Waals surface area (Å²) in [6, 6.07) is 9.80. The lowest BCUT2D eigenvalue weighted by Gasteiger charge is -2.24. The first-order valence-corrected chi connectivity index (χ1v) is 9.94. The van der Waals surface area contributed by atoms with Crippen molar-refractivity contribution in [2.24, 2.45) is 5.73 Å². The normalized spacial score (nSPS) is 12.7. The number of alkyl halides is 2. The van der Waals surface area contributed by atoms with Gasteiger partial charge in [0.1, 0.15) is 17.3 Å². The second-order valence-corrected chi connectivity index (χ2v) is 7.89. The summed E-state index contributed by atoms with van der Waals surface area (Å²) < 4.78 is 59.3. The number of hydrogen-bond acceptors (Lipinski definition) is 4. The Bertz CT molecular complexity index is 1260. The van der Waals surface area contributed by atoms with E-state index < -0.39 is 52.7 Å². The minimum Gasteiger partial charge on any atom is -0.364 e. The Morgan fingerprint density at radius 3 is 2.39 bits per heavy atom. The Labute approximate surface area is 187 Å². The van der Waals surface area contributed by atoms with E-state index in [-0.39, 0.29) is 16.8 Å². The van der Waals surface area contributed by atoms with Crippen molar-refractivity contribution in [3.63, 3.8) is 0 Å². The van der Waals surface area contributed by atoms with Crippen LogP contribution in [0.5, 0.6) is 0 Å². The van der Waals surface area contributed by atoms with Crippen molar-refractivity contribution in [3.8, 4) is 5.69 Å². The van der Waals surface area contributed by atoms with E-state index in [1.54, 1.807) is 0 Å². The number of likely N-dealkylation sites (N-methyl/N-ethyl adjacent to an activating group) is 1. The molecule has 0 saturated heterocycles.